The summed E-state index contributed by atoms with van der Waals surface area (Å²) in [5.41, 5.74) is 1.51. The third-order valence-electron chi connectivity index (χ3n) is 3.81. The van der Waals surface area contributed by atoms with E-state index in [2.05, 4.69) is 20.5 Å². The number of hydrogen-bond acceptors (Lipinski definition) is 5. The highest BCUT2D eigenvalue weighted by Gasteiger charge is 2.21. The maximum atomic E-state index is 11.5. The number of anilines is 2. The number of aromatic nitrogens is 1. The highest BCUT2D eigenvalue weighted by molar-refractivity contribution is 6.26. The van der Waals surface area contributed by atoms with Gasteiger partial charge in [-0.3, -0.25) is 4.79 Å². The summed E-state index contributed by atoms with van der Waals surface area (Å²) in [4.78, 5) is 18.2. The molecule has 110 valence electrons. The van der Waals surface area contributed by atoms with Crippen LogP contribution in [0.5, 0.6) is 0 Å². The van der Waals surface area contributed by atoms with Gasteiger partial charge in [0.25, 0.3) is 5.91 Å². The summed E-state index contributed by atoms with van der Waals surface area (Å²) in [6, 6.07) is 3.94. The molecular formula is C15H19N5O. The molecule has 2 aliphatic heterocycles. The SMILES string of the molecule is N=C1CNC(=O)/C1=C/Nc1ccc(N2CCCCC2)nc1. The van der Waals surface area contributed by atoms with Crippen molar-refractivity contribution in [1.29, 1.82) is 5.41 Å². The quantitative estimate of drug-likeness (QED) is 0.735. The molecule has 0 aliphatic carbocycles. The van der Waals surface area contributed by atoms with Gasteiger partial charge in [-0.2, -0.15) is 0 Å². The van der Waals surface area contributed by atoms with Crippen molar-refractivity contribution in [3.8, 4) is 0 Å². The van der Waals surface area contributed by atoms with Gasteiger partial charge in [0.2, 0.25) is 0 Å². The minimum atomic E-state index is -0.203. The fourth-order valence-electron chi connectivity index (χ4n) is 2.59. The van der Waals surface area contributed by atoms with Gasteiger partial charge in [-0.05, 0) is 31.4 Å². The number of nitrogens with one attached hydrogen (secondary N) is 3. The molecule has 21 heavy (non-hydrogen) atoms. The molecule has 1 amide bonds. The average molecular weight is 285 g/mol. The van der Waals surface area contributed by atoms with E-state index in [0.717, 1.165) is 24.6 Å². The first kappa shape index (κ1) is 13.6. The summed E-state index contributed by atoms with van der Waals surface area (Å²) in [6.45, 7) is 2.45. The fourth-order valence-corrected chi connectivity index (χ4v) is 2.59. The Kier molecular flexibility index (Phi) is 3.85. The lowest BCUT2D eigenvalue weighted by atomic mass is 10.1. The summed E-state index contributed by atoms with van der Waals surface area (Å²) in [5.74, 6) is 0.796. The third-order valence-corrected chi connectivity index (χ3v) is 3.81. The molecule has 6 heteroatoms. The topological polar surface area (TPSA) is 81.1 Å². The van der Waals surface area contributed by atoms with Gasteiger partial charge < -0.3 is 20.9 Å². The molecule has 1 aromatic heterocycles. The largest absolute Gasteiger partial charge is 0.360 e. The van der Waals surface area contributed by atoms with E-state index < -0.39 is 0 Å². The molecule has 3 N–H and O–H groups in total. The Balaban J connectivity index is 1.65. The Hall–Kier alpha value is -2.37. The number of piperidine rings is 1. The Bertz CT molecular complexity index is 554. The van der Waals surface area contributed by atoms with Gasteiger partial charge >= 0.3 is 0 Å². The van der Waals surface area contributed by atoms with Gasteiger partial charge in [-0.15, -0.1) is 0 Å². The van der Waals surface area contributed by atoms with Gasteiger partial charge in [0.15, 0.2) is 0 Å². The second-order valence-electron chi connectivity index (χ2n) is 5.32. The lowest BCUT2D eigenvalue weighted by Gasteiger charge is -2.27. The van der Waals surface area contributed by atoms with Crippen molar-refractivity contribution in [1.82, 2.24) is 10.3 Å². The van der Waals surface area contributed by atoms with Crippen molar-refractivity contribution in [2.75, 3.05) is 29.9 Å². The molecule has 2 fully saturated rings. The van der Waals surface area contributed by atoms with Crippen LogP contribution in [-0.2, 0) is 4.79 Å². The van der Waals surface area contributed by atoms with Crippen LogP contribution >= 0.6 is 0 Å². The van der Waals surface area contributed by atoms with Crippen LogP contribution in [0.3, 0.4) is 0 Å². The maximum Gasteiger partial charge on any atom is 0.254 e. The van der Waals surface area contributed by atoms with Crippen LogP contribution in [0.4, 0.5) is 11.5 Å². The van der Waals surface area contributed by atoms with Crippen molar-refractivity contribution in [3.05, 3.63) is 30.1 Å². The molecule has 2 aliphatic rings. The summed E-state index contributed by atoms with van der Waals surface area (Å²) >= 11 is 0. The zero-order valence-corrected chi connectivity index (χ0v) is 11.9. The Morgan fingerprint density at radius 1 is 1.29 bits per heavy atom. The molecule has 0 radical (unpaired) electrons. The summed E-state index contributed by atoms with van der Waals surface area (Å²) < 4.78 is 0. The molecule has 0 spiro atoms. The Morgan fingerprint density at radius 2 is 2.10 bits per heavy atom. The Labute approximate surface area is 123 Å². The molecule has 0 atom stereocenters. The predicted octanol–water partition coefficient (Wildman–Crippen LogP) is 1.52. The van der Waals surface area contributed by atoms with Gasteiger partial charge in [0.05, 0.1) is 29.7 Å². The number of pyridine rings is 1. The number of carbonyl (C=O) groups excluding carboxylic acids is 1. The van der Waals surface area contributed by atoms with Gasteiger partial charge in [0, 0.05) is 19.3 Å². The zero-order chi connectivity index (χ0) is 14.7. The average Bonchev–Trinajstić information content (AvgIpc) is 2.85. The molecule has 1 aromatic rings. The fraction of sp³-hybridized carbons (Fsp3) is 0.400. The van der Waals surface area contributed by atoms with Crippen molar-refractivity contribution in [3.63, 3.8) is 0 Å². The lowest BCUT2D eigenvalue weighted by Crippen LogP contribution is -2.29. The van der Waals surface area contributed by atoms with Crippen molar-refractivity contribution >= 4 is 23.1 Å². The van der Waals surface area contributed by atoms with Crippen LogP contribution < -0.4 is 15.5 Å². The first-order chi connectivity index (χ1) is 10.2. The highest BCUT2D eigenvalue weighted by Crippen LogP contribution is 2.19. The molecule has 6 nitrogen and oxygen atoms in total. The van der Waals surface area contributed by atoms with E-state index in [1.807, 2.05) is 12.1 Å². The molecular weight excluding hydrogens is 266 g/mol. The predicted molar refractivity (Wildman–Crippen MR) is 82.7 cm³/mol. The van der Waals surface area contributed by atoms with E-state index in [1.54, 1.807) is 12.4 Å². The summed E-state index contributed by atoms with van der Waals surface area (Å²) in [6.07, 6.45) is 7.09. The molecule has 3 heterocycles. The van der Waals surface area contributed by atoms with Crippen LogP contribution in [-0.4, -0.2) is 36.2 Å². The molecule has 0 bridgehead atoms. The normalized spacial score (nSPS) is 20.8. The number of hydrogen-bond donors (Lipinski definition) is 3. The van der Waals surface area contributed by atoms with Crippen LogP contribution in [0, 0.1) is 5.41 Å². The molecule has 0 saturated carbocycles. The number of carbonyl (C=O) groups is 1. The van der Waals surface area contributed by atoms with E-state index in [9.17, 15) is 4.79 Å². The van der Waals surface area contributed by atoms with Crippen molar-refractivity contribution in [2.45, 2.75) is 19.3 Å². The van der Waals surface area contributed by atoms with E-state index in [0.29, 0.717) is 17.8 Å². The number of nitrogens with zero attached hydrogens (tertiary/aromatic N) is 2. The third kappa shape index (κ3) is 3.04. The minimum Gasteiger partial charge on any atom is -0.360 e. The second-order valence-corrected chi connectivity index (χ2v) is 5.32. The van der Waals surface area contributed by atoms with Crippen molar-refractivity contribution in [2.24, 2.45) is 0 Å². The summed E-state index contributed by atoms with van der Waals surface area (Å²) in [7, 11) is 0. The minimum absolute atomic E-state index is 0.203. The number of amides is 1. The molecule has 2 saturated heterocycles. The van der Waals surface area contributed by atoms with E-state index in [-0.39, 0.29) is 5.91 Å². The second kappa shape index (κ2) is 5.95. The monoisotopic (exact) mass is 285 g/mol. The molecule has 3 rings (SSSR count). The van der Waals surface area contributed by atoms with Gasteiger partial charge in [-0.1, -0.05) is 0 Å². The van der Waals surface area contributed by atoms with Gasteiger partial charge in [-0.25, -0.2) is 4.98 Å². The lowest BCUT2D eigenvalue weighted by molar-refractivity contribution is -0.116. The summed E-state index contributed by atoms with van der Waals surface area (Å²) in [5, 5.41) is 13.3. The maximum absolute atomic E-state index is 11.5. The van der Waals surface area contributed by atoms with Crippen LogP contribution in [0.15, 0.2) is 30.1 Å². The van der Waals surface area contributed by atoms with Crippen LogP contribution in [0.2, 0.25) is 0 Å². The first-order valence-corrected chi connectivity index (χ1v) is 7.28. The smallest absolute Gasteiger partial charge is 0.254 e. The molecule has 0 unspecified atom stereocenters. The van der Waals surface area contributed by atoms with E-state index in [4.69, 9.17) is 5.41 Å². The van der Waals surface area contributed by atoms with Gasteiger partial charge in [0.1, 0.15) is 5.82 Å². The van der Waals surface area contributed by atoms with E-state index >= 15 is 0 Å². The van der Waals surface area contributed by atoms with Crippen LogP contribution in [0.25, 0.3) is 0 Å². The van der Waals surface area contributed by atoms with Crippen LogP contribution in [0.1, 0.15) is 19.3 Å². The standard InChI is InChI=1S/C15H19N5O/c16-13-10-19-15(21)12(13)9-17-11-4-5-14(18-8-11)20-6-2-1-3-7-20/h4-5,8-9,16-17H,1-3,6-7,10H2,(H,19,21)/b12-9+,16-13?. The highest BCUT2D eigenvalue weighted by atomic mass is 16.2. The zero-order valence-electron chi connectivity index (χ0n) is 11.9. The number of rotatable bonds is 3. The Morgan fingerprint density at radius 3 is 2.71 bits per heavy atom. The first-order valence-electron chi connectivity index (χ1n) is 7.28. The van der Waals surface area contributed by atoms with E-state index in [1.165, 1.54) is 19.3 Å². The van der Waals surface area contributed by atoms with Crippen molar-refractivity contribution < 1.29 is 4.79 Å². The molecule has 0 aromatic carbocycles.